The molecule has 0 atom stereocenters. The van der Waals surface area contributed by atoms with E-state index in [1.54, 1.807) is 12.3 Å². The van der Waals surface area contributed by atoms with Crippen molar-refractivity contribution >= 4 is 17.2 Å². The lowest BCUT2D eigenvalue weighted by atomic mass is 10.3. The van der Waals surface area contributed by atoms with Crippen molar-refractivity contribution in [1.82, 2.24) is 14.5 Å². The van der Waals surface area contributed by atoms with Gasteiger partial charge in [-0.05, 0) is 19.1 Å². The van der Waals surface area contributed by atoms with E-state index in [9.17, 15) is 0 Å². The molecule has 2 aromatic rings. The zero-order chi connectivity index (χ0) is 10.8. The maximum absolute atomic E-state index is 5.52. The lowest BCUT2D eigenvalue weighted by molar-refractivity contribution is 0.930. The van der Waals surface area contributed by atoms with Crippen molar-refractivity contribution in [2.45, 2.75) is 6.92 Å². The van der Waals surface area contributed by atoms with Gasteiger partial charge in [0.2, 0.25) is 0 Å². The fraction of sp³-hybridized carbons (Fsp3) is 0.100. The van der Waals surface area contributed by atoms with Crippen molar-refractivity contribution in [2.24, 2.45) is 5.73 Å². The summed E-state index contributed by atoms with van der Waals surface area (Å²) >= 11 is 4.87. The Balaban J connectivity index is 2.50. The zero-order valence-corrected chi connectivity index (χ0v) is 9.03. The van der Waals surface area contributed by atoms with Gasteiger partial charge in [-0.2, -0.15) is 0 Å². The van der Waals surface area contributed by atoms with Gasteiger partial charge >= 0.3 is 0 Å². The van der Waals surface area contributed by atoms with Crippen LogP contribution in [0.5, 0.6) is 0 Å². The molecule has 76 valence electrons. The molecule has 15 heavy (non-hydrogen) atoms. The number of rotatable bonds is 2. The summed E-state index contributed by atoms with van der Waals surface area (Å²) < 4.78 is 1.88. The summed E-state index contributed by atoms with van der Waals surface area (Å²) in [5.41, 5.74) is 6.14. The number of pyridine rings is 1. The van der Waals surface area contributed by atoms with E-state index in [1.807, 2.05) is 29.8 Å². The Labute approximate surface area is 92.8 Å². The molecule has 0 spiro atoms. The topological polar surface area (TPSA) is 56.7 Å². The van der Waals surface area contributed by atoms with E-state index in [2.05, 4.69) is 9.97 Å². The van der Waals surface area contributed by atoms with E-state index in [0.717, 1.165) is 11.6 Å². The van der Waals surface area contributed by atoms with Crippen LogP contribution in [0, 0.1) is 6.92 Å². The number of thiocarbonyl (C=S) groups is 1. The Kier molecular flexibility index (Phi) is 2.47. The highest BCUT2D eigenvalue weighted by atomic mass is 32.1. The van der Waals surface area contributed by atoms with Crippen LogP contribution < -0.4 is 5.73 Å². The smallest absolute Gasteiger partial charge is 0.138 e. The number of imidazole rings is 1. The second-order valence-electron chi connectivity index (χ2n) is 3.09. The summed E-state index contributed by atoms with van der Waals surface area (Å²) in [6.07, 6.45) is 3.57. The number of aromatic nitrogens is 3. The van der Waals surface area contributed by atoms with E-state index in [0.29, 0.717) is 10.7 Å². The first-order valence-electron chi connectivity index (χ1n) is 4.45. The normalized spacial score (nSPS) is 10.2. The minimum Gasteiger partial charge on any atom is -0.388 e. The summed E-state index contributed by atoms with van der Waals surface area (Å²) in [5.74, 6) is 1.65. The summed E-state index contributed by atoms with van der Waals surface area (Å²) in [7, 11) is 0. The number of hydrogen-bond donors (Lipinski definition) is 1. The van der Waals surface area contributed by atoms with E-state index in [-0.39, 0.29) is 0 Å². The van der Waals surface area contributed by atoms with E-state index < -0.39 is 0 Å². The largest absolute Gasteiger partial charge is 0.388 e. The average molecular weight is 218 g/mol. The zero-order valence-electron chi connectivity index (χ0n) is 8.21. The van der Waals surface area contributed by atoms with Gasteiger partial charge < -0.3 is 5.73 Å². The van der Waals surface area contributed by atoms with Crippen molar-refractivity contribution < 1.29 is 0 Å². The molecule has 0 fully saturated rings. The molecule has 0 aliphatic carbocycles. The highest BCUT2D eigenvalue weighted by Gasteiger charge is 2.03. The van der Waals surface area contributed by atoms with Gasteiger partial charge in [0.1, 0.15) is 16.6 Å². The molecular weight excluding hydrogens is 208 g/mol. The fourth-order valence-electron chi connectivity index (χ4n) is 1.31. The van der Waals surface area contributed by atoms with Gasteiger partial charge in [0.25, 0.3) is 0 Å². The quantitative estimate of drug-likeness (QED) is 0.770. The molecule has 2 aromatic heterocycles. The molecule has 0 aromatic carbocycles. The highest BCUT2D eigenvalue weighted by molar-refractivity contribution is 7.80. The Morgan fingerprint density at radius 2 is 2.27 bits per heavy atom. The van der Waals surface area contributed by atoms with Crippen LogP contribution in [0.2, 0.25) is 0 Å². The summed E-state index contributed by atoms with van der Waals surface area (Å²) in [5, 5.41) is 0. The molecule has 0 saturated heterocycles. The summed E-state index contributed by atoms with van der Waals surface area (Å²) in [4.78, 5) is 8.76. The number of nitrogens with two attached hydrogens (primary N) is 1. The van der Waals surface area contributed by atoms with Crippen molar-refractivity contribution in [3.05, 3.63) is 42.1 Å². The Bertz CT molecular complexity index is 504. The molecule has 0 bridgehead atoms. The Morgan fingerprint density at radius 1 is 1.47 bits per heavy atom. The Hall–Kier alpha value is -1.75. The van der Waals surface area contributed by atoms with Crippen molar-refractivity contribution in [2.75, 3.05) is 0 Å². The average Bonchev–Trinajstić information content (AvgIpc) is 2.64. The van der Waals surface area contributed by atoms with Crippen LogP contribution in [0.1, 0.15) is 11.5 Å². The van der Waals surface area contributed by atoms with Gasteiger partial charge in [0, 0.05) is 12.4 Å². The SMILES string of the molecule is Cc1nccn1-c1cccc(C(N)=S)n1. The minimum absolute atomic E-state index is 0.301. The third-order valence-electron chi connectivity index (χ3n) is 2.06. The number of nitrogens with zero attached hydrogens (tertiary/aromatic N) is 3. The van der Waals surface area contributed by atoms with Crippen LogP contribution in [0.4, 0.5) is 0 Å². The summed E-state index contributed by atoms with van der Waals surface area (Å²) in [6.45, 7) is 1.91. The van der Waals surface area contributed by atoms with Crippen molar-refractivity contribution in [3.63, 3.8) is 0 Å². The predicted molar refractivity (Wildman–Crippen MR) is 62.0 cm³/mol. The first-order valence-corrected chi connectivity index (χ1v) is 4.86. The maximum Gasteiger partial charge on any atom is 0.138 e. The van der Waals surface area contributed by atoms with Crippen LogP contribution in [0.3, 0.4) is 0 Å². The molecule has 0 aliphatic rings. The molecule has 5 heteroatoms. The lowest BCUT2D eigenvalue weighted by Gasteiger charge is -2.05. The van der Waals surface area contributed by atoms with Gasteiger partial charge in [-0.15, -0.1) is 0 Å². The predicted octanol–water partition coefficient (Wildman–Crippen LogP) is 1.21. The molecule has 0 aliphatic heterocycles. The van der Waals surface area contributed by atoms with Gasteiger partial charge in [-0.1, -0.05) is 18.3 Å². The van der Waals surface area contributed by atoms with Gasteiger partial charge in [-0.25, -0.2) is 9.97 Å². The van der Waals surface area contributed by atoms with Crippen LogP contribution in [-0.4, -0.2) is 19.5 Å². The molecule has 0 unspecified atom stereocenters. The molecule has 2 heterocycles. The van der Waals surface area contributed by atoms with E-state index in [1.165, 1.54) is 0 Å². The third kappa shape index (κ3) is 1.87. The molecule has 0 amide bonds. The molecule has 0 radical (unpaired) electrons. The molecule has 4 nitrogen and oxygen atoms in total. The standard InChI is InChI=1S/C10H10N4S/c1-7-12-5-6-14(7)9-4-2-3-8(13-9)10(11)15/h2-6H,1H3,(H2,11,15). The first-order chi connectivity index (χ1) is 7.18. The van der Waals surface area contributed by atoms with Crippen molar-refractivity contribution in [3.8, 4) is 5.82 Å². The lowest BCUT2D eigenvalue weighted by Crippen LogP contribution is -2.13. The first kappa shape index (κ1) is 9.79. The molecule has 2 N–H and O–H groups in total. The Morgan fingerprint density at radius 3 is 2.87 bits per heavy atom. The molecule has 0 saturated carbocycles. The third-order valence-corrected chi connectivity index (χ3v) is 2.27. The van der Waals surface area contributed by atoms with Crippen LogP contribution in [-0.2, 0) is 0 Å². The van der Waals surface area contributed by atoms with E-state index >= 15 is 0 Å². The molecule has 2 rings (SSSR count). The maximum atomic E-state index is 5.52. The van der Waals surface area contributed by atoms with E-state index in [4.69, 9.17) is 18.0 Å². The second kappa shape index (κ2) is 3.78. The number of aryl methyl sites for hydroxylation is 1. The van der Waals surface area contributed by atoms with Crippen LogP contribution in [0.25, 0.3) is 5.82 Å². The monoisotopic (exact) mass is 218 g/mol. The summed E-state index contributed by atoms with van der Waals surface area (Å²) in [6, 6.07) is 5.55. The van der Waals surface area contributed by atoms with Gasteiger partial charge in [-0.3, -0.25) is 4.57 Å². The highest BCUT2D eigenvalue weighted by Crippen LogP contribution is 2.08. The van der Waals surface area contributed by atoms with Crippen LogP contribution in [0.15, 0.2) is 30.6 Å². The fourth-order valence-corrected chi connectivity index (χ4v) is 1.43. The van der Waals surface area contributed by atoms with Crippen LogP contribution >= 0.6 is 12.2 Å². The minimum atomic E-state index is 0.301. The second-order valence-corrected chi connectivity index (χ2v) is 3.53. The molecular formula is C10H10N4S. The van der Waals surface area contributed by atoms with Gasteiger partial charge in [0.05, 0.1) is 5.69 Å². The van der Waals surface area contributed by atoms with Crippen molar-refractivity contribution in [1.29, 1.82) is 0 Å². The van der Waals surface area contributed by atoms with Gasteiger partial charge in [0.15, 0.2) is 0 Å². The number of hydrogen-bond acceptors (Lipinski definition) is 3.